The molecule has 2 amide bonds. The Morgan fingerprint density at radius 1 is 0.833 bits per heavy atom. The summed E-state index contributed by atoms with van der Waals surface area (Å²) in [5, 5.41) is 21.8. The predicted molar refractivity (Wildman–Crippen MR) is 162 cm³/mol. The second-order valence-electron chi connectivity index (χ2n) is 10.4. The van der Waals surface area contributed by atoms with Crippen LogP contribution < -0.4 is 5.32 Å². The van der Waals surface area contributed by atoms with E-state index in [1.807, 2.05) is 36.4 Å². The predicted octanol–water partition coefficient (Wildman–Crippen LogP) is 5.74. The van der Waals surface area contributed by atoms with E-state index in [1.165, 1.54) is 27.2 Å². The number of carbonyl (C=O) groups is 3. The van der Waals surface area contributed by atoms with Crippen LogP contribution in [0.1, 0.15) is 49.3 Å². The largest absolute Gasteiger partial charge is 0.474 e. The monoisotopic (exact) mass is 559 g/mol. The molecule has 7 heteroatoms. The third-order valence-electron chi connectivity index (χ3n) is 7.22. The molecule has 7 nitrogen and oxygen atoms in total. The lowest BCUT2D eigenvalue weighted by Crippen LogP contribution is -2.36. The fraction of sp³-hybridized carbons (Fsp3) is 0.200. The Balaban J connectivity index is 1.64. The van der Waals surface area contributed by atoms with Crippen LogP contribution in [0, 0.1) is 32.1 Å². The van der Waals surface area contributed by atoms with Gasteiger partial charge in [-0.05, 0) is 84.3 Å². The summed E-state index contributed by atoms with van der Waals surface area (Å²) in [7, 11) is 0. The molecule has 0 aliphatic heterocycles. The zero-order valence-corrected chi connectivity index (χ0v) is 24.0. The summed E-state index contributed by atoms with van der Waals surface area (Å²) in [6, 6.07) is 28.0. The van der Waals surface area contributed by atoms with Crippen molar-refractivity contribution in [2.24, 2.45) is 0 Å². The summed E-state index contributed by atoms with van der Waals surface area (Å²) in [6.07, 6.45) is 0.663. The summed E-state index contributed by atoms with van der Waals surface area (Å²) in [5.41, 5.74) is 8.39. The number of carboxylic acids is 1. The van der Waals surface area contributed by atoms with Crippen molar-refractivity contribution >= 4 is 17.8 Å². The lowest BCUT2D eigenvalue weighted by Gasteiger charge is -2.23. The minimum atomic E-state index is -1.60. The molecule has 0 spiro atoms. The molecule has 0 aromatic heterocycles. The van der Waals surface area contributed by atoms with E-state index in [-0.39, 0.29) is 19.0 Å². The zero-order valence-electron chi connectivity index (χ0n) is 24.0. The molecule has 4 aromatic carbocycles. The first kappa shape index (κ1) is 29.8. The van der Waals surface area contributed by atoms with Crippen molar-refractivity contribution < 1.29 is 19.5 Å². The molecule has 0 fully saturated rings. The molecule has 4 aromatic rings. The van der Waals surface area contributed by atoms with Crippen molar-refractivity contribution in [3.63, 3.8) is 0 Å². The number of benzene rings is 4. The molecule has 0 atom stereocenters. The maximum absolute atomic E-state index is 13.6. The number of amides is 2. The number of nitrogens with zero attached hydrogens (tertiary/aromatic N) is 2. The summed E-state index contributed by atoms with van der Waals surface area (Å²) in [5.74, 6) is -3.00. The number of aliphatic carboxylic acids is 1. The number of aryl methyl sites for hydroxylation is 3. The van der Waals surface area contributed by atoms with Crippen LogP contribution in [0.2, 0.25) is 0 Å². The number of hydrogen-bond donors (Lipinski definition) is 2. The molecule has 42 heavy (non-hydrogen) atoms. The van der Waals surface area contributed by atoms with Crippen LogP contribution in [0.3, 0.4) is 0 Å². The summed E-state index contributed by atoms with van der Waals surface area (Å²) in [4.78, 5) is 39.3. The lowest BCUT2D eigenvalue weighted by molar-refractivity contribution is -0.156. The van der Waals surface area contributed by atoms with Crippen molar-refractivity contribution in [1.82, 2.24) is 10.2 Å². The van der Waals surface area contributed by atoms with Gasteiger partial charge >= 0.3 is 11.9 Å². The van der Waals surface area contributed by atoms with Gasteiger partial charge in [-0.3, -0.25) is 9.59 Å². The molecule has 4 rings (SSSR count). The molecule has 0 bridgehead atoms. The summed E-state index contributed by atoms with van der Waals surface area (Å²) < 4.78 is 0. The zero-order chi connectivity index (χ0) is 30.2. The average Bonchev–Trinajstić information content (AvgIpc) is 2.98. The van der Waals surface area contributed by atoms with E-state index < -0.39 is 11.9 Å². The summed E-state index contributed by atoms with van der Waals surface area (Å²) in [6.45, 7) is 6.48. The topological polar surface area (TPSA) is 111 Å². The van der Waals surface area contributed by atoms with Gasteiger partial charge in [0.15, 0.2) is 0 Å². The highest BCUT2D eigenvalue weighted by Gasteiger charge is 2.24. The molecule has 2 N–H and O–H groups in total. The minimum absolute atomic E-state index is 0.0336. The van der Waals surface area contributed by atoms with E-state index in [0.29, 0.717) is 35.2 Å². The smallest absolute Gasteiger partial charge is 0.394 e. The van der Waals surface area contributed by atoms with Gasteiger partial charge in [0.25, 0.3) is 5.91 Å². The Bertz CT molecular complexity index is 1650. The third kappa shape index (κ3) is 7.29. The van der Waals surface area contributed by atoms with Gasteiger partial charge in [-0.2, -0.15) is 5.26 Å². The van der Waals surface area contributed by atoms with Gasteiger partial charge < -0.3 is 15.3 Å². The highest BCUT2D eigenvalue weighted by Crippen LogP contribution is 2.25. The Morgan fingerprint density at radius 3 is 2.21 bits per heavy atom. The van der Waals surface area contributed by atoms with Gasteiger partial charge in [0.1, 0.15) is 0 Å². The molecular weight excluding hydrogens is 526 g/mol. The number of rotatable bonds is 9. The molecule has 212 valence electrons. The Labute approximate surface area is 246 Å². The minimum Gasteiger partial charge on any atom is -0.474 e. The van der Waals surface area contributed by atoms with Crippen molar-refractivity contribution in [2.75, 3.05) is 6.54 Å². The molecular formula is C35H33N3O4. The second kappa shape index (κ2) is 13.4. The first-order valence-electron chi connectivity index (χ1n) is 13.7. The highest BCUT2D eigenvalue weighted by atomic mass is 16.4. The third-order valence-corrected chi connectivity index (χ3v) is 7.22. The lowest BCUT2D eigenvalue weighted by atomic mass is 9.96. The Morgan fingerprint density at radius 2 is 1.55 bits per heavy atom. The number of nitriles is 1. The van der Waals surface area contributed by atoms with Crippen LogP contribution >= 0.6 is 0 Å². The van der Waals surface area contributed by atoms with Crippen LogP contribution in [-0.4, -0.2) is 34.3 Å². The van der Waals surface area contributed by atoms with E-state index in [9.17, 15) is 24.8 Å². The number of carboxylic acid groups (broad SMARTS) is 1. The van der Waals surface area contributed by atoms with E-state index in [4.69, 9.17) is 0 Å². The normalized spacial score (nSPS) is 10.5. The molecule has 0 radical (unpaired) electrons. The van der Waals surface area contributed by atoms with Crippen molar-refractivity contribution in [1.29, 1.82) is 5.26 Å². The number of hydrogen-bond acceptors (Lipinski definition) is 4. The summed E-state index contributed by atoms with van der Waals surface area (Å²) >= 11 is 0. The second-order valence-corrected chi connectivity index (χ2v) is 10.4. The van der Waals surface area contributed by atoms with Gasteiger partial charge in [0, 0.05) is 25.2 Å². The quantitative estimate of drug-likeness (QED) is 0.254. The molecule has 0 aliphatic carbocycles. The maximum Gasteiger partial charge on any atom is 0.394 e. The fourth-order valence-electron chi connectivity index (χ4n) is 5.24. The van der Waals surface area contributed by atoms with Gasteiger partial charge in [-0.15, -0.1) is 0 Å². The van der Waals surface area contributed by atoms with E-state index >= 15 is 0 Å². The van der Waals surface area contributed by atoms with E-state index in [1.54, 1.807) is 36.4 Å². The number of carbonyl (C=O) groups excluding carboxylic acids is 2. The van der Waals surface area contributed by atoms with Crippen LogP contribution in [0.15, 0.2) is 84.9 Å². The molecule has 0 aliphatic rings. The Hall–Kier alpha value is -5.22. The number of nitrogens with one attached hydrogen (secondary N) is 1. The first-order valence-corrected chi connectivity index (χ1v) is 13.7. The van der Waals surface area contributed by atoms with Gasteiger partial charge in [0.2, 0.25) is 0 Å². The molecule has 0 unspecified atom stereocenters. The van der Waals surface area contributed by atoms with E-state index in [0.717, 1.165) is 11.1 Å². The Kier molecular flexibility index (Phi) is 9.51. The maximum atomic E-state index is 13.6. The SMILES string of the molecule is Cc1cc(C)c(CCNC(=O)c2cc(-c3ccccc3)ccc2CN(Cc2cccc(C#N)c2)C(=O)C(=O)O)c(C)c1. The molecule has 0 saturated carbocycles. The van der Waals surface area contributed by atoms with Gasteiger partial charge in [0.05, 0.1) is 11.6 Å². The van der Waals surface area contributed by atoms with E-state index in [2.05, 4.69) is 44.3 Å². The van der Waals surface area contributed by atoms with Crippen molar-refractivity contribution in [3.05, 3.63) is 129 Å². The van der Waals surface area contributed by atoms with Crippen LogP contribution in [0.4, 0.5) is 0 Å². The fourth-order valence-corrected chi connectivity index (χ4v) is 5.24. The molecule has 0 saturated heterocycles. The van der Waals surface area contributed by atoms with Gasteiger partial charge in [-0.1, -0.05) is 72.3 Å². The van der Waals surface area contributed by atoms with Crippen LogP contribution in [-0.2, 0) is 29.1 Å². The van der Waals surface area contributed by atoms with Crippen molar-refractivity contribution in [3.8, 4) is 17.2 Å². The van der Waals surface area contributed by atoms with Gasteiger partial charge in [-0.25, -0.2) is 4.79 Å². The highest BCUT2D eigenvalue weighted by molar-refractivity contribution is 6.31. The average molecular weight is 560 g/mol. The molecule has 0 heterocycles. The standard InChI is InChI=1S/C35H33N3O4/c1-23-16-24(2)31(25(3)17-23)14-15-37-33(39)32-19-29(28-10-5-4-6-11-28)12-13-30(32)22-38(34(40)35(41)42)21-27-9-7-8-26(18-27)20-36/h4-13,16-19H,14-15,21-22H2,1-3H3,(H,37,39)(H,41,42). The van der Waals surface area contributed by atoms with Crippen molar-refractivity contribution in [2.45, 2.75) is 40.3 Å². The first-order chi connectivity index (χ1) is 20.2. The van der Waals surface area contributed by atoms with Crippen LogP contribution in [0.5, 0.6) is 0 Å². The van der Waals surface area contributed by atoms with Crippen LogP contribution in [0.25, 0.3) is 11.1 Å².